The fraction of sp³-hybridized carbons (Fsp3) is 0.308. The van der Waals surface area contributed by atoms with Crippen LogP contribution in [0.25, 0.3) is 11.3 Å². The summed E-state index contributed by atoms with van der Waals surface area (Å²) in [5.41, 5.74) is 8.46. The van der Waals surface area contributed by atoms with Gasteiger partial charge in [0.25, 0.3) is 0 Å². The summed E-state index contributed by atoms with van der Waals surface area (Å²) >= 11 is 3.58. The highest BCUT2D eigenvalue weighted by Gasteiger charge is 2.20. The molecule has 2 rings (SSSR count). The molecule has 1 aromatic carbocycles. The number of hydrogen-bond donors (Lipinski definition) is 1. The summed E-state index contributed by atoms with van der Waals surface area (Å²) in [6.07, 6.45) is 0. The van der Waals surface area contributed by atoms with Gasteiger partial charge in [0.2, 0.25) is 0 Å². The molecule has 19 heavy (non-hydrogen) atoms. The van der Waals surface area contributed by atoms with Crippen LogP contribution in [0.5, 0.6) is 11.5 Å². The lowest BCUT2D eigenvalue weighted by molar-refractivity contribution is 0.355. The van der Waals surface area contributed by atoms with Crippen molar-refractivity contribution in [2.75, 3.05) is 20.0 Å². The first-order valence-electron chi connectivity index (χ1n) is 5.70. The standard InChI is InChI=1S/C13H16BrN3O2/c1-7-5-9(18-3)13(19-4)11(12(7)14)8-6-10(15)17(2)16-8/h5-6H,15H2,1-4H3. The monoisotopic (exact) mass is 325 g/mol. The molecule has 1 heterocycles. The number of nitrogens with two attached hydrogens (primary N) is 1. The third kappa shape index (κ3) is 2.28. The van der Waals surface area contributed by atoms with E-state index in [0.29, 0.717) is 17.3 Å². The molecule has 6 heteroatoms. The number of anilines is 1. The van der Waals surface area contributed by atoms with E-state index in [9.17, 15) is 0 Å². The maximum Gasteiger partial charge on any atom is 0.171 e. The van der Waals surface area contributed by atoms with Gasteiger partial charge in [0, 0.05) is 17.6 Å². The van der Waals surface area contributed by atoms with Crippen LogP contribution in [0.1, 0.15) is 5.56 Å². The van der Waals surface area contributed by atoms with Crippen molar-refractivity contribution >= 4 is 21.7 Å². The van der Waals surface area contributed by atoms with Crippen LogP contribution in [0.2, 0.25) is 0 Å². The summed E-state index contributed by atoms with van der Waals surface area (Å²) in [5, 5.41) is 4.39. The highest BCUT2D eigenvalue weighted by atomic mass is 79.9. The number of methoxy groups -OCH3 is 2. The van der Waals surface area contributed by atoms with Crippen molar-refractivity contribution in [3.8, 4) is 22.8 Å². The van der Waals surface area contributed by atoms with Crippen molar-refractivity contribution in [3.05, 3.63) is 22.2 Å². The number of benzene rings is 1. The van der Waals surface area contributed by atoms with Crippen LogP contribution in [0.15, 0.2) is 16.6 Å². The van der Waals surface area contributed by atoms with E-state index in [1.807, 2.05) is 19.1 Å². The Kier molecular flexibility index (Phi) is 3.71. The van der Waals surface area contributed by atoms with Gasteiger partial charge in [-0.25, -0.2) is 0 Å². The van der Waals surface area contributed by atoms with Crippen LogP contribution in [-0.2, 0) is 7.05 Å². The third-order valence-electron chi connectivity index (χ3n) is 2.96. The maximum absolute atomic E-state index is 5.84. The van der Waals surface area contributed by atoms with Gasteiger partial charge in [0.05, 0.1) is 25.5 Å². The van der Waals surface area contributed by atoms with Crippen LogP contribution < -0.4 is 15.2 Å². The molecule has 2 N–H and O–H groups in total. The molecule has 0 amide bonds. The van der Waals surface area contributed by atoms with Crippen LogP contribution >= 0.6 is 15.9 Å². The Morgan fingerprint density at radius 3 is 2.42 bits per heavy atom. The summed E-state index contributed by atoms with van der Waals surface area (Å²) in [6, 6.07) is 3.72. The molecule has 0 saturated heterocycles. The first-order valence-corrected chi connectivity index (χ1v) is 6.49. The van der Waals surface area contributed by atoms with Gasteiger partial charge in [-0.2, -0.15) is 5.10 Å². The lowest BCUT2D eigenvalue weighted by Crippen LogP contribution is -1.98. The number of nitrogen functional groups attached to an aromatic ring is 1. The van der Waals surface area contributed by atoms with Crippen molar-refractivity contribution < 1.29 is 9.47 Å². The largest absolute Gasteiger partial charge is 0.493 e. The minimum absolute atomic E-state index is 0.587. The summed E-state index contributed by atoms with van der Waals surface area (Å²) in [5.74, 6) is 1.89. The molecular weight excluding hydrogens is 310 g/mol. The second-order valence-electron chi connectivity index (χ2n) is 4.20. The number of ether oxygens (including phenoxy) is 2. The molecule has 0 aliphatic rings. The smallest absolute Gasteiger partial charge is 0.171 e. The summed E-state index contributed by atoms with van der Waals surface area (Å²) in [7, 11) is 5.02. The van der Waals surface area contributed by atoms with Crippen LogP contribution in [-0.4, -0.2) is 24.0 Å². The summed E-state index contributed by atoms with van der Waals surface area (Å²) in [6.45, 7) is 1.99. The predicted octanol–water partition coefficient (Wildman–Crippen LogP) is 2.76. The van der Waals surface area contributed by atoms with E-state index in [2.05, 4.69) is 21.0 Å². The molecule has 0 unspecified atom stereocenters. The predicted molar refractivity (Wildman–Crippen MR) is 78.6 cm³/mol. The average Bonchev–Trinajstić information content (AvgIpc) is 2.71. The fourth-order valence-electron chi connectivity index (χ4n) is 1.93. The molecule has 2 aromatic rings. The molecule has 0 aliphatic heterocycles. The minimum Gasteiger partial charge on any atom is -0.493 e. The number of halogens is 1. The lowest BCUT2D eigenvalue weighted by Gasteiger charge is -2.15. The Balaban J connectivity index is 2.76. The zero-order valence-electron chi connectivity index (χ0n) is 11.3. The lowest BCUT2D eigenvalue weighted by atomic mass is 10.1. The molecule has 0 saturated carbocycles. The van der Waals surface area contributed by atoms with E-state index < -0.39 is 0 Å². The van der Waals surface area contributed by atoms with Crippen molar-refractivity contribution in [2.45, 2.75) is 6.92 Å². The number of rotatable bonds is 3. The van der Waals surface area contributed by atoms with Gasteiger partial charge in [-0.05, 0) is 34.5 Å². The zero-order valence-corrected chi connectivity index (χ0v) is 12.9. The molecule has 0 atom stereocenters. The number of aryl methyl sites for hydroxylation is 2. The minimum atomic E-state index is 0.587. The summed E-state index contributed by atoms with van der Waals surface area (Å²) in [4.78, 5) is 0. The van der Waals surface area contributed by atoms with E-state index >= 15 is 0 Å². The van der Waals surface area contributed by atoms with E-state index in [1.54, 1.807) is 25.9 Å². The van der Waals surface area contributed by atoms with E-state index in [-0.39, 0.29) is 0 Å². The van der Waals surface area contributed by atoms with Gasteiger partial charge in [-0.15, -0.1) is 0 Å². The molecule has 0 aliphatic carbocycles. The Hall–Kier alpha value is -1.69. The second-order valence-corrected chi connectivity index (χ2v) is 4.99. The van der Waals surface area contributed by atoms with Crippen molar-refractivity contribution in [1.82, 2.24) is 9.78 Å². The fourth-order valence-corrected chi connectivity index (χ4v) is 2.43. The SMILES string of the molecule is COc1cc(C)c(Br)c(-c2cc(N)n(C)n2)c1OC. The number of aromatic nitrogens is 2. The Labute approximate surface area is 120 Å². The molecule has 5 nitrogen and oxygen atoms in total. The van der Waals surface area contributed by atoms with Crippen molar-refractivity contribution in [2.24, 2.45) is 7.05 Å². The molecule has 0 radical (unpaired) electrons. The van der Waals surface area contributed by atoms with Gasteiger partial charge >= 0.3 is 0 Å². The Morgan fingerprint density at radius 1 is 1.26 bits per heavy atom. The highest BCUT2D eigenvalue weighted by Crippen LogP contribution is 2.44. The van der Waals surface area contributed by atoms with Crippen LogP contribution in [0.4, 0.5) is 5.82 Å². The topological polar surface area (TPSA) is 62.3 Å². The van der Waals surface area contributed by atoms with Gasteiger partial charge in [-0.1, -0.05) is 0 Å². The maximum atomic E-state index is 5.84. The van der Waals surface area contributed by atoms with Crippen molar-refractivity contribution in [3.63, 3.8) is 0 Å². The molecule has 0 spiro atoms. The molecular formula is C13H16BrN3O2. The molecule has 0 fully saturated rings. The zero-order chi connectivity index (χ0) is 14.2. The van der Waals surface area contributed by atoms with Crippen LogP contribution in [0, 0.1) is 6.92 Å². The van der Waals surface area contributed by atoms with Gasteiger partial charge in [-0.3, -0.25) is 4.68 Å². The molecule has 0 bridgehead atoms. The second kappa shape index (κ2) is 5.13. The van der Waals surface area contributed by atoms with E-state index in [4.69, 9.17) is 15.2 Å². The Bertz CT molecular complexity index is 603. The number of nitrogens with zero attached hydrogens (tertiary/aromatic N) is 2. The van der Waals surface area contributed by atoms with Crippen molar-refractivity contribution in [1.29, 1.82) is 0 Å². The van der Waals surface area contributed by atoms with Gasteiger partial charge in [0.1, 0.15) is 5.82 Å². The van der Waals surface area contributed by atoms with E-state index in [0.717, 1.165) is 21.3 Å². The van der Waals surface area contributed by atoms with Crippen LogP contribution in [0.3, 0.4) is 0 Å². The normalized spacial score (nSPS) is 10.6. The third-order valence-corrected chi connectivity index (χ3v) is 3.98. The van der Waals surface area contributed by atoms with Gasteiger partial charge in [0.15, 0.2) is 11.5 Å². The van der Waals surface area contributed by atoms with Gasteiger partial charge < -0.3 is 15.2 Å². The average molecular weight is 326 g/mol. The quantitative estimate of drug-likeness (QED) is 0.942. The van der Waals surface area contributed by atoms with E-state index in [1.165, 1.54) is 0 Å². The highest BCUT2D eigenvalue weighted by molar-refractivity contribution is 9.10. The first-order chi connectivity index (χ1) is 8.99. The molecule has 102 valence electrons. The summed E-state index contributed by atoms with van der Waals surface area (Å²) < 4.78 is 13.4. The molecule has 1 aromatic heterocycles. The number of hydrogen-bond acceptors (Lipinski definition) is 4. The Morgan fingerprint density at radius 2 is 1.95 bits per heavy atom. The first kappa shape index (κ1) is 13.7.